The van der Waals surface area contributed by atoms with Crippen LogP contribution in [-0.2, 0) is 24.2 Å². The summed E-state index contributed by atoms with van der Waals surface area (Å²) in [6.07, 6.45) is -0.183. The first-order valence-corrected chi connectivity index (χ1v) is 11.0. The summed E-state index contributed by atoms with van der Waals surface area (Å²) in [4.78, 5) is 11.8. The zero-order chi connectivity index (χ0) is 21.5. The Balaban J connectivity index is 5.20. The highest BCUT2D eigenvalue weighted by Crippen LogP contribution is 2.25. The summed E-state index contributed by atoms with van der Waals surface area (Å²) < 4.78 is 42.0. The Morgan fingerprint density at radius 3 is 2.11 bits per heavy atom. The third kappa shape index (κ3) is 10.9. The molecule has 162 valence electrons. The van der Waals surface area contributed by atoms with Crippen molar-refractivity contribution in [2.45, 2.75) is 66.2 Å². The minimum atomic E-state index is -3.46. The van der Waals surface area contributed by atoms with Crippen LogP contribution in [0.1, 0.15) is 48.5 Å². The van der Waals surface area contributed by atoms with Gasteiger partial charge in [0.1, 0.15) is 12.7 Å². The van der Waals surface area contributed by atoms with Crippen LogP contribution in [0.25, 0.3) is 0 Å². The fourth-order valence-electron chi connectivity index (χ4n) is 2.19. The van der Waals surface area contributed by atoms with Gasteiger partial charge < -0.3 is 19.5 Å². The molecule has 0 heterocycles. The van der Waals surface area contributed by atoms with E-state index < -0.39 is 27.8 Å². The molecule has 0 radical (unpaired) electrons. The van der Waals surface area contributed by atoms with Crippen LogP contribution in [0.2, 0.25) is 0 Å². The summed E-state index contributed by atoms with van der Waals surface area (Å²) in [7, 11) is -1.93. The maximum absolute atomic E-state index is 12.2. The molecule has 1 amide bonds. The van der Waals surface area contributed by atoms with Crippen LogP contribution in [0, 0.1) is 5.41 Å². The highest BCUT2D eigenvalue weighted by molar-refractivity contribution is 7.88. The van der Waals surface area contributed by atoms with Gasteiger partial charge in [-0.1, -0.05) is 20.8 Å². The second-order valence-corrected chi connectivity index (χ2v) is 10.7. The van der Waals surface area contributed by atoms with Crippen molar-refractivity contribution in [3.05, 3.63) is 0 Å². The molecule has 0 aliphatic carbocycles. The standard InChI is InChI=1S/C18H38N2O6S/c1-14(17(2,3)4)26-15(13-25-16(21)19-10-11-24-8)12-20(18(5,6)7)27(9,22)23/h14-15H,10-13H2,1-9H3,(H,19,21)/t14-,15-/m0/s1. The number of rotatable bonds is 10. The average Bonchev–Trinajstić information content (AvgIpc) is 2.46. The number of sulfonamides is 1. The normalized spacial score (nSPS) is 15.5. The predicted molar refractivity (Wildman–Crippen MR) is 106 cm³/mol. The van der Waals surface area contributed by atoms with E-state index in [9.17, 15) is 13.2 Å². The van der Waals surface area contributed by atoms with E-state index in [0.717, 1.165) is 0 Å². The summed E-state index contributed by atoms with van der Waals surface area (Å²) in [6, 6.07) is 0. The molecule has 9 heteroatoms. The van der Waals surface area contributed by atoms with E-state index in [1.54, 1.807) is 0 Å². The van der Waals surface area contributed by atoms with Crippen molar-refractivity contribution < 1.29 is 27.4 Å². The Kier molecular flexibility index (Phi) is 10.2. The SMILES string of the molecule is COCCNC(=O)OC[C@H](CN(C(C)(C)C)S(C)(=O)=O)O[C@@H](C)C(C)(C)C. The second kappa shape index (κ2) is 10.6. The third-order valence-corrected chi connectivity index (χ3v) is 5.61. The Bertz CT molecular complexity index is 551. The smallest absolute Gasteiger partial charge is 0.407 e. The van der Waals surface area contributed by atoms with Crippen molar-refractivity contribution >= 4 is 16.1 Å². The van der Waals surface area contributed by atoms with E-state index >= 15 is 0 Å². The van der Waals surface area contributed by atoms with Gasteiger partial charge in [0.05, 0.1) is 19.0 Å². The zero-order valence-corrected chi connectivity index (χ0v) is 19.1. The molecule has 0 spiro atoms. The van der Waals surface area contributed by atoms with Crippen molar-refractivity contribution in [3.63, 3.8) is 0 Å². The lowest BCUT2D eigenvalue weighted by Gasteiger charge is -2.38. The molecular formula is C18H38N2O6S. The van der Waals surface area contributed by atoms with E-state index in [4.69, 9.17) is 14.2 Å². The Morgan fingerprint density at radius 1 is 1.15 bits per heavy atom. The highest BCUT2D eigenvalue weighted by atomic mass is 32.2. The minimum Gasteiger partial charge on any atom is -0.447 e. The number of carbonyl (C=O) groups excluding carboxylic acids is 1. The van der Waals surface area contributed by atoms with Crippen LogP contribution in [-0.4, -0.2) is 76.2 Å². The van der Waals surface area contributed by atoms with E-state index in [1.165, 1.54) is 17.7 Å². The molecule has 1 N–H and O–H groups in total. The molecule has 0 saturated heterocycles. The van der Waals surface area contributed by atoms with Crippen molar-refractivity contribution in [1.29, 1.82) is 0 Å². The van der Waals surface area contributed by atoms with E-state index in [2.05, 4.69) is 5.32 Å². The van der Waals surface area contributed by atoms with E-state index in [0.29, 0.717) is 13.2 Å². The molecule has 8 nitrogen and oxygen atoms in total. The number of ether oxygens (including phenoxy) is 3. The first-order chi connectivity index (χ1) is 12.1. The van der Waals surface area contributed by atoms with Crippen LogP contribution < -0.4 is 5.32 Å². The molecule has 2 atom stereocenters. The summed E-state index contributed by atoms with van der Waals surface area (Å²) in [6.45, 7) is 14.2. The van der Waals surface area contributed by atoms with Crippen LogP contribution >= 0.6 is 0 Å². The van der Waals surface area contributed by atoms with Crippen LogP contribution in [0.15, 0.2) is 0 Å². The molecule has 0 bridgehead atoms. The van der Waals surface area contributed by atoms with E-state index in [1.807, 2.05) is 48.5 Å². The van der Waals surface area contributed by atoms with Gasteiger partial charge in [0, 0.05) is 25.7 Å². The number of hydrogen-bond donors (Lipinski definition) is 1. The Morgan fingerprint density at radius 2 is 1.70 bits per heavy atom. The van der Waals surface area contributed by atoms with Gasteiger partial charge in [-0.2, -0.15) is 4.31 Å². The molecule has 0 unspecified atom stereocenters. The summed E-state index contributed by atoms with van der Waals surface area (Å²) in [5, 5.41) is 2.56. The van der Waals surface area contributed by atoms with Gasteiger partial charge in [-0.25, -0.2) is 13.2 Å². The second-order valence-electron chi connectivity index (χ2n) is 8.75. The van der Waals surface area contributed by atoms with Crippen molar-refractivity contribution in [2.75, 3.05) is 39.7 Å². The molecule has 0 rings (SSSR count). The number of methoxy groups -OCH3 is 1. The molecule has 0 aliphatic heterocycles. The number of hydrogen-bond acceptors (Lipinski definition) is 6. The number of nitrogens with one attached hydrogen (secondary N) is 1. The lowest BCUT2D eigenvalue weighted by Crippen LogP contribution is -2.51. The minimum absolute atomic E-state index is 0.0542. The number of carbonyl (C=O) groups is 1. The quantitative estimate of drug-likeness (QED) is 0.555. The summed E-state index contributed by atoms with van der Waals surface area (Å²) >= 11 is 0. The van der Waals surface area contributed by atoms with E-state index in [-0.39, 0.29) is 24.7 Å². The first-order valence-electron chi connectivity index (χ1n) is 9.12. The number of amides is 1. The molecular weight excluding hydrogens is 372 g/mol. The molecule has 0 aliphatic rings. The number of nitrogens with zero attached hydrogens (tertiary/aromatic N) is 1. The van der Waals surface area contributed by atoms with Crippen LogP contribution in [0.3, 0.4) is 0 Å². The fraction of sp³-hybridized carbons (Fsp3) is 0.944. The summed E-state index contributed by atoms with van der Waals surface area (Å²) in [5.74, 6) is 0. The topological polar surface area (TPSA) is 94.2 Å². The lowest BCUT2D eigenvalue weighted by molar-refractivity contribution is -0.0844. The summed E-state index contributed by atoms with van der Waals surface area (Å²) in [5.41, 5.74) is -0.766. The zero-order valence-electron chi connectivity index (χ0n) is 18.3. The van der Waals surface area contributed by atoms with Gasteiger partial charge in [0.25, 0.3) is 0 Å². The highest BCUT2D eigenvalue weighted by Gasteiger charge is 2.34. The molecule has 0 aromatic carbocycles. The Hall–Kier alpha value is -0.900. The molecule has 0 aromatic rings. The fourth-order valence-corrected chi connectivity index (χ4v) is 3.63. The van der Waals surface area contributed by atoms with Gasteiger partial charge in [0.15, 0.2) is 0 Å². The molecule has 0 fully saturated rings. The third-order valence-electron chi connectivity index (χ3n) is 4.11. The largest absolute Gasteiger partial charge is 0.447 e. The van der Waals surface area contributed by atoms with Crippen LogP contribution in [0.5, 0.6) is 0 Å². The van der Waals surface area contributed by atoms with Crippen molar-refractivity contribution in [1.82, 2.24) is 9.62 Å². The van der Waals surface area contributed by atoms with Crippen LogP contribution in [0.4, 0.5) is 4.79 Å². The van der Waals surface area contributed by atoms with Gasteiger partial charge in [-0.15, -0.1) is 0 Å². The maximum Gasteiger partial charge on any atom is 0.407 e. The number of alkyl carbamates (subject to hydrolysis) is 1. The van der Waals surface area contributed by atoms with Crippen molar-refractivity contribution in [3.8, 4) is 0 Å². The monoisotopic (exact) mass is 410 g/mol. The van der Waals surface area contributed by atoms with Gasteiger partial charge in [-0.05, 0) is 33.1 Å². The van der Waals surface area contributed by atoms with Gasteiger partial charge in [-0.3, -0.25) is 0 Å². The first kappa shape index (κ1) is 26.1. The average molecular weight is 411 g/mol. The molecule has 27 heavy (non-hydrogen) atoms. The Labute approximate surface area is 165 Å². The van der Waals surface area contributed by atoms with Gasteiger partial charge >= 0.3 is 6.09 Å². The van der Waals surface area contributed by atoms with Crippen molar-refractivity contribution in [2.24, 2.45) is 5.41 Å². The predicted octanol–water partition coefficient (Wildman–Crippen LogP) is 2.24. The lowest BCUT2D eigenvalue weighted by atomic mass is 9.90. The maximum atomic E-state index is 12.2. The van der Waals surface area contributed by atoms with Gasteiger partial charge in [0.2, 0.25) is 10.0 Å². The molecule has 0 saturated carbocycles. The molecule has 0 aromatic heterocycles.